The van der Waals surface area contributed by atoms with Gasteiger partial charge in [0.05, 0.1) is 22.4 Å². The molecule has 0 aliphatic carbocycles. The fraction of sp³-hybridized carbons (Fsp3) is 0. The van der Waals surface area contributed by atoms with Gasteiger partial charge in [-0.2, -0.15) is 0 Å². The Labute approximate surface area is 353 Å². The molecule has 0 spiro atoms. The number of nitrogens with zero attached hydrogens (tertiary/aromatic N) is 3. The van der Waals surface area contributed by atoms with Crippen LogP contribution in [0.1, 0.15) is 0 Å². The molecule has 12 rings (SSSR count). The first-order valence-corrected chi connectivity index (χ1v) is 20.8. The number of fused-ring (bicyclic) bond motifs is 7. The summed E-state index contributed by atoms with van der Waals surface area (Å²) in [5, 5.41) is 9.58. The quantitative estimate of drug-likeness (QED) is 0.124. The fourth-order valence-corrected chi connectivity index (χ4v) is 9.51. The molecule has 0 N–H and O–H groups in total. The van der Waals surface area contributed by atoms with Crippen LogP contribution in [0.25, 0.3) is 116 Å². The Balaban J connectivity index is 1.14. The van der Waals surface area contributed by atoms with E-state index in [0.29, 0.717) is 5.82 Å². The second kappa shape index (κ2) is 14.3. The minimum absolute atomic E-state index is 0.689. The van der Waals surface area contributed by atoms with Gasteiger partial charge in [0.2, 0.25) is 0 Å². The summed E-state index contributed by atoms with van der Waals surface area (Å²) in [6, 6.07) is 80.4. The molecule has 10 aromatic carbocycles. The Kier molecular flexibility index (Phi) is 8.17. The molecule has 3 nitrogen and oxygen atoms in total. The molecule has 284 valence electrons. The summed E-state index contributed by atoms with van der Waals surface area (Å²) in [5.41, 5.74) is 13.1. The van der Waals surface area contributed by atoms with E-state index in [1.54, 1.807) is 0 Å². The highest BCUT2D eigenvalue weighted by atomic mass is 15.0. The van der Waals surface area contributed by atoms with Crippen LogP contribution in [0, 0.1) is 0 Å². The predicted octanol–water partition coefficient (Wildman–Crippen LogP) is 15.4. The van der Waals surface area contributed by atoms with Gasteiger partial charge in [-0.25, -0.2) is 9.97 Å². The average molecular weight is 776 g/mol. The maximum Gasteiger partial charge on any atom is 0.160 e. The minimum atomic E-state index is 0.689. The molecule has 0 saturated carbocycles. The molecule has 0 bridgehead atoms. The fourth-order valence-electron chi connectivity index (χ4n) is 9.51. The van der Waals surface area contributed by atoms with Crippen molar-refractivity contribution in [3.63, 3.8) is 0 Å². The number of rotatable bonds is 6. The normalized spacial score (nSPS) is 11.6. The van der Waals surface area contributed by atoms with E-state index >= 15 is 0 Å². The Morgan fingerprint density at radius 2 is 0.902 bits per heavy atom. The average Bonchev–Trinajstić information content (AvgIpc) is 3.68. The van der Waals surface area contributed by atoms with Crippen molar-refractivity contribution in [3.8, 4) is 61.8 Å². The Bertz CT molecular complexity index is 3630. The first kappa shape index (κ1) is 34.9. The first-order valence-electron chi connectivity index (χ1n) is 20.8. The molecule has 0 amide bonds. The molecule has 0 radical (unpaired) electrons. The lowest BCUT2D eigenvalue weighted by Crippen LogP contribution is -1.98. The highest BCUT2D eigenvalue weighted by molar-refractivity contribution is 6.27. The Morgan fingerprint density at radius 1 is 0.328 bits per heavy atom. The van der Waals surface area contributed by atoms with E-state index in [1.165, 1.54) is 59.9 Å². The van der Waals surface area contributed by atoms with Gasteiger partial charge in [-0.3, -0.25) is 0 Å². The largest absolute Gasteiger partial charge is 0.309 e. The summed E-state index contributed by atoms with van der Waals surface area (Å²) in [4.78, 5) is 10.9. The van der Waals surface area contributed by atoms with Crippen molar-refractivity contribution in [1.29, 1.82) is 0 Å². The molecule has 0 aliphatic rings. The molecule has 0 aliphatic heterocycles. The van der Waals surface area contributed by atoms with E-state index in [1.807, 2.05) is 6.07 Å². The van der Waals surface area contributed by atoms with Crippen LogP contribution in [0.5, 0.6) is 0 Å². The van der Waals surface area contributed by atoms with Crippen molar-refractivity contribution in [2.24, 2.45) is 0 Å². The van der Waals surface area contributed by atoms with E-state index in [4.69, 9.17) is 9.97 Å². The number of hydrogen-bond acceptors (Lipinski definition) is 2. The molecule has 0 saturated heterocycles. The lowest BCUT2D eigenvalue weighted by molar-refractivity contribution is 1.18. The van der Waals surface area contributed by atoms with E-state index in [9.17, 15) is 0 Å². The van der Waals surface area contributed by atoms with Crippen LogP contribution in [-0.4, -0.2) is 14.5 Å². The molecular formula is C58H37N3. The van der Waals surface area contributed by atoms with Crippen LogP contribution in [-0.2, 0) is 0 Å². The van der Waals surface area contributed by atoms with Gasteiger partial charge in [-0.1, -0.05) is 194 Å². The van der Waals surface area contributed by atoms with Crippen LogP contribution in [0.15, 0.2) is 224 Å². The van der Waals surface area contributed by atoms with Crippen molar-refractivity contribution in [2.75, 3.05) is 0 Å². The lowest BCUT2D eigenvalue weighted by Gasteiger charge is -2.19. The van der Waals surface area contributed by atoms with Gasteiger partial charge < -0.3 is 4.57 Å². The van der Waals surface area contributed by atoms with E-state index in [-0.39, 0.29) is 0 Å². The molecule has 0 unspecified atom stereocenters. The van der Waals surface area contributed by atoms with Crippen LogP contribution in [0.2, 0.25) is 0 Å². The number of para-hydroxylation sites is 3. The van der Waals surface area contributed by atoms with Crippen molar-refractivity contribution in [3.05, 3.63) is 224 Å². The summed E-state index contributed by atoms with van der Waals surface area (Å²) in [5.74, 6) is 0.689. The molecule has 2 heterocycles. The third-order valence-corrected chi connectivity index (χ3v) is 12.2. The van der Waals surface area contributed by atoms with Crippen molar-refractivity contribution in [2.45, 2.75) is 0 Å². The maximum atomic E-state index is 5.49. The van der Waals surface area contributed by atoms with Gasteiger partial charge in [-0.05, 0) is 74.0 Å². The summed E-state index contributed by atoms with van der Waals surface area (Å²) in [6.07, 6.45) is 0. The van der Waals surface area contributed by atoms with Gasteiger partial charge in [-0.15, -0.1) is 0 Å². The number of hydrogen-bond donors (Lipinski definition) is 0. The second-order valence-corrected chi connectivity index (χ2v) is 15.7. The number of aromatic nitrogens is 3. The molecule has 12 aromatic rings. The molecule has 0 fully saturated rings. The van der Waals surface area contributed by atoms with Crippen molar-refractivity contribution >= 4 is 54.1 Å². The molecule has 61 heavy (non-hydrogen) atoms. The highest BCUT2D eigenvalue weighted by Gasteiger charge is 2.22. The van der Waals surface area contributed by atoms with Gasteiger partial charge in [0.1, 0.15) is 0 Å². The smallest absolute Gasteiger partial charge is 0.160 e. The summed E-state index contributed by atoms with van der Waals surface area (Å²) < 4.78 is 2.41. The van der Waals surface area contributed by atoms with Crippen LogP contribution < -0.4 is 0 Å². The van der Waals surface area contributed by atoms with Crippen molar-refractivity contribution in [1.82, 2.24) is 14.5 Å². The van der Waals surface area contributed by atoms with Gasteiger partial charge in [0.25, 0.3) is 0 Å². The Morgan fingerprint density at radius 3 is 1.69 bits per heavy atom. The minimum Gasteiger partial charge on any atom is -0.309 e. The second-order valence-electron chi connectivity index (χ2n) is 15.7. The Hall–Kier alpha value is -8.14. The molecular weight excluding hydrogens is 739 g/mol. The van der Waals surface area contributed by atoms with Crippen molar-refractivity contribution < 1.29 is 0 Å². The standard InChI is InChI=1S/C58H37N3/c1-4-19-39(20-5-1)54-47-29-12-13-30-48(47)56(55-44-27-11-10-18-38(44)34-35-50(54)55)52-37-51(59-58(60-52)40-21-6-2-7-22-40)42-24-16-23-41(36-42)45-31-17-32-49-46-28-14-15-33-53(46)61(57(45)49)43-25-8-3-9-26-43/h1-37H. The lowest BCUT2D eigenvalue weighted by atomic mass is 9.85. The van der Waals surface area contributed by atoms with Crippen LogP contribution in [0.4, 0.5) is 0 Å². The topological polar surface area (TPSA) is 30.7 Å². The molecule has 2 aromatic heterocycles. The van der Waals surface area contributed by atoms with Gasteiger partial charge in [0, 0.05) is 44.1 Å². The van der Waals surface area contributed by atoms with E-state index in [0.717, 1.165) is 50.3 Å². The van der Waals surface area contributed by atoms with Gasteiger partial charge >= 0.3 is 0 Å². The van der Waals surface area contributed by atoms with Crippen LogP contribution in [0.3, 0.4) is 0 Å². The first-order chi connectivity index (χ1) is 30.3. The van der Waals surface area contributed by atoms with E-state index < -0.39 is 0 Å². The summed E-state index contributed by atoms with van der Waals surface area (Å²) in [6.45, 7) is 0. The third kappa shape index (κ3) is 5.74. The molecule has 0 atom stereocenters. The number of benzene rings is 10. The van der Waals surface area contributed by atoms with E-state index in [2.05, 4.69) is 223 Å². The van der Waals surface area contributed by atoms with Crippen LogP contribution >= 0.6 is 0 Å². The SMILES string of the molecule is c1ccc(-c2nc(-c3cccc(-c4cccc5c6ccccc6n(-c6ccccc6)c45)c3)cc(-c3c4ccccc4c(-c4ccccc4)c4ccc5ccccc5c34)n2)cc1. The highest BCUT2D eigenvalue weighted by Crippen LogP contribution is 2.47. The molecule has 3 heteroatoms. The third-order valence-electron chi connectivity index (χ3n) is 12.2. The zero-order valence-corrected chi connectivity index (χ0v) is 33.2. The zero-order valence-electron chi connectivity index (χ0n) is 33.2. The van der Waals surface area contributed by atoms with Gasteiger partial charge in [0.15, 0.2) is 5.82 Å². The summed E-state index contributed by atoms with van der Waals surface area (Å²) in [7, 11) is 0. The monoisotopic (exact) mass is 775 g/mol. The summed E-state index contributed by atoms with van der Waals surface area (Å²) >= 11 is 0. The predicted molar refractivity (Wildman–Crippen MR) is 256 cm³/mol. The maximum absolute atomic E-state index is 5.49. The zero-order chi connectivity index (χ0) is 40.3.